The summed E-state index contributed by atoms with van der Waals surface area (Å²) in [6, 6.07) is 6.73. The van der Waals surface area contributed by atoms with E-state index in [9.17, 15) is 0 Å². The van der Waals surface area contributed by atoms with Crippen LogP contribution in [0.4, 0.5) is 5.69 Å². The maximum Gasteiger partial charge on any atom is 0.136 e. The third-order valence-corrected chi connectivity index (χ3v) is 4.89. The molecule has 3 unspecified atom stereocenters. The van der Waals surface area contributed by atoms with Crippen molar-refractivity contribution in [2.24, 2.45) is 0 Å². The monoisotopic (exact) mass is 364 g/mol. The van der Waals surface area contributed by atoms with Gasteiger partial charge in [0.05, 0.1) is 13.3 Å². The highest BCUT2D eigenvalue weighted by Gasteiger charge is 2.29. The molecule has 0 bridgehead atoms. The van der Waals surface area contributed by atoms with Crippen molar-refractivity contribution in [2.75, 3.05) is 53.7 Å². The molecule has 26 heavy (non-hydrogen) atoms. The molecule has 0 aromatic heterocycles. The molecule has 1 aromatic carbocycles. The van der Waals surface area contributed by atoms with E-state index in [4.69, 9.17) is 4.74 Å². The fraction of sp³-hybridized carbons (Fsp3) is 0.684. The summed E-state index contributed by atoms with van der Waals surface area (Å²) in [6.45, 7) is 4.97. The second-order valence-electron chi connectivity index (χ2n) is 7.33. The smallest absolute Gasteiger partial charge is 0.136 e. The molecule has 1 aliphatic rings. The largest absolute Gasteiger partial charge is 0.496 e. The lowest BCUT2D eigenvalue weighted by Gasteiger charge is -2.43. The van der Waals surface area contributed by atoms with Crippen LogP contribution >= 0.6 is 0 Å². The Morgan fingerprint density at radius 3 is 2.77 bits per heavy atom. The quantitative estimate of drug-likeness (QED) is 0.486. The Morgan fingerprint density at radius 1 is 1.35 bits per heavy atom. The fourth-order valence-electron chi connectivity index (χ4n) is 3.29. The Bertz CT molecular complexity index is 553. The maximum absolute atomic E-state index is 5.53. The van der Waals surface area contributed by atoms with E-state index in [-0.39, 0.29) is 6.29 Å². The van der Waals surface area contributed by atoms with Gasteiger partial charge in [-0.05, 0) is 59.7 Å². The van der Waals surface area contributed by atoms with Gasteiger partial charge in [-0.25, -0.2) is 0 Å². The lowest BCUT2D eigenvalue weighted by Crippen LogP contribution is -2.64. The zero-order valence-corrected chi connectivity index (χ0v) is 17.1. The SMILES string of the molecule is CNC1CC(C)NC(Nc2ccc(OC)c(CNCCN(C)C)c2)N1C. The molecule has 1 aromatic rings. The molecule has 0 saturated carbocycles. The molecule has 0 radical (unpaired) electrons. The van der Waals surface area contributed by atoms with Crippen molar-refractivity contribution in [3.8, 4) is 5.75 Å². The molecular formula is C19H36N6O. The molecule has 1 aliphatic heterocycles. The van der Waals surface area contributed by atoms with Gasteiger partial charge in [-0.2, -0.15) is 0 Å². The lowest BCUT2D eigenvalue weighted by atomic mass is 10.1. The minimum atomic E-state index is 0.0825. The van der Waals surface area contributed by atoms with Crippen LogP contribution in [0.3, 0.4) is 0 Å². The van der Waals surface area contributed by atoms with Crippen LogP contribution in [-0.4, -0.2) is 76.7 Å². The van der Waals surface area contributed by atoms with E-state index in [1.807, 2.05) is 13.1 Å². The van der Waals surface area contributed by atoms with E-state index in [1.54, 1.807) is 7.11 Å². The third-order valence-electron chi connectivity index (χ3n) is 4.89. The highest BCUT2D eigenvalue weighted by molar-refractivity contribution is 5.51. The first kappa shape index (κ1) is 20.9. The van der Waals surface area contributed by atoms with Gasteiger partial charge in [-0.3, -0.25) is 10.2 Å². The number of hydrogen-bond donors (Lipinski definition) is 4. The van der Waals surface area contributed by atoms with Crippen LogP contribution in [0.15, 0.2) is 18.2 Å². The first-order valence-electron chi connectivity index (χ1n) is 9.38. The molecule has 2 rings (SSSR count). The topological polar surface area (TPSA) is 63.8 Å². The Kier molecular flexibility index (Phi) is 8.12. The number of rotatable bonds is 9. The van der Waals surface area contributed by atoms with Crippen LogP contribution in [0.1, 0.15) is 18.9 Å². The summed E-state index contributed by atoms with van der Waals surface area (Å²) in [5, 5.41) is 14.1. The summed E-state index contributed by atoms with van der Waals surface area (Å²) in [5.74, 6) is 0.916. The lowest BCUT2D eigenvalue weighted by molar-refractivity contribution is 0.0770. The molecule has 0 aliphatic carbocycles. The van der Waals surface area contributed by atoms with Crippen LogP contribution < -0.4 is 26.0 Å². The van der Waals surface area contributed by atoms with Crippen molar-refractivity contribution >= 4 is 5.69 Å². The summed E-state index contributed by atoms with van der Waals surface area (Å²) < 4.78 is 5.53. The molecule has 148 valence electrons. The summed E-state index contributed by atoms with van der Waals surface area (Å²) in [6.07, 6.45) is 1.52. The molecule has 0 amide bonds. The molecular weight excluding hydrogens is 328 g/mol. The second-order valence-corrected chi connectivity index (χ2v) is 7.33. The number of nitrogens with zero attached hydrogens (tertiary/aromatic N) is 2. The van der Waals surface area contributed by atoms with E-state index < -0.39 is 0 Å². The third kappa shape index (κ3) is 5.82. The van der Waals surface area contributed by atoms with Gasteiger partial charge in [0.25, 0.3) is 0 Å². The minimum absolute atomic E-state index is 0.0825. The van der Waals surface area contributed by atoms with Gasteiger partial charge in [0.15, 0.2) is 0 Å². The highest BCUT2D eigenvalue weighted by Crippen LogP contribution is 2.24. The van der Waals surface area contributed by atoms with Crippen molar-refractivity contribution in [1.82, 2.24) is 25.8 Å². The number of methoxy groups -OCH3 is 1. The average molecular weight is 365 g/mol. The van der Waals surface area contributed by atoms with Gasteiger partial charge in [0, 0.05) is 36.9 Å². The van der Waals surface area contributed by atoms with Crippen molar-refractivity contribution in [3.05, 3.63) is 23.8 Å². The fourth-order valence-corrected chi connectivity index (χ4v) is 3.29. The van der Waals surface area contributed by atoms with Crippen molar-refractivity contribution < 1.29 is 4.74 Å². The minimum Gasteiger partial charge on any atom is -0.496 e. The molecule has 7 heteroatoms. The first-order chi connectivity index (χ1) is 12.4. The van der Waals surface area contributed by atoms with Gasteiger partial charge in [-0.1, -0.05) is 0 Å². The molecule has 1 saturated heterocycles. The summed E-state index contributed by atoms with van der Waals surface area (Å²) in [7, 11) is 10.0. The number of ether oxygens (including phenoxy) is 1. The first-order valence-corrected chi connectivity index (χ1v) is 9.38. The Labute approximate surface area is 158 Å². The number of anilines is 1. The summed E-state index contributed by atoms with van der Waals surface area (Å²) in [4.78, 5) is 4.46. The van der Waals surface area contributed by atoms with Crippen molar-refractivity contribution in [3.63, 3.8) is 0 Å². The van der Waals surface area contributed by atoms with Gasteiger partial charge in [0.1, 0.15) is 12.0 Å². The Hall–Kier alpha value is -1.38. The van der Waals surface area contributed by atoms with Crippen LogP contribution in [0.2, 0.25) is 0 Å². The second kappa shape index (κ2) is 10.1. The predicted octanol–water partition coefficient (Wildman–Crippen LogP) is 0.901. The zero-order valence-electron chi connectivity index (χ0n) is 17.1. The number of nitrogens with one attached hydrogen (secondary N) is 4. The standard InChI is InChI=1S/C19H36N6O/c1-14-11-18(20-2)25(5)19(22-14)23-16-7-8-17(26-6)15(12-16)13-21-9-10-24(3)4/h7-8,12,14,18-23H,9-11,13H2,1-6H3. The maximum atomic E-state index is 5.53. The van der Waals surface area contributed by atoms with E-state index in [2.05, 4.69) is 71.3 Å². The summed E-state index contributed by atoms with van der Waals surface area (Å²) in [5.41, 5.74) is 2.25. The molecule has 1 fully saturated rings. The van der Waals surface area contributed by atoms with Crippen LogP contribution in [0.25, 0.3) is 0 Å². The van der Waals surface area contributed by atoms with Crippen LogP contribution in [-0.2, 0) is 6.54 Å². The molecule has 0 spiro atoms. The van der Waals surface area contributed by atoms with Crippen molar-refractivity contribution in [1.29, 1.82) is 0 Å². The van der Waals surface area contributed by atoms with Gasteiger partial charge in [-0.15, -0.1) is 0 Å². The average Bonchev–Trinajstić information content (AvgIpc) is 2.61. The van der Waals surface area contributed by atoms with Crippen LogP contribution in [0.5, 0.6) is 5.75 Å². The van der Waals surface area contributed by atoms with Crippen molar-refractivity contribution in [2.45, 2.75) is 38.4 Å². The normalized spacial score (nSPS) is 24.0. The van der Waals surface area contributed by atoms with E-state index in [0.29, 0.717) is 12.2 Å². The van der Waals surface area contributed by atoms with E-state index in [0.717, 1.165) is 43.1 Å². The summed E-state index contributed by atoms with van der Waals surface area (Å²) >= 11 is 0. The number of benzene rings is 1. The molecule has 7 nitrogen and oxygen atoms in total. The van der Waals surface area contributed by atoms with Gasteiger partial charge in [0.2, 0.25) is 0 Å². The Morgan fingerprint density at radius 2 is 2.12 bits per heavy atom. The zero-order chi connectivity index (χ0) is 19.1. The number of hydrogen-bond acceptors (Lipinski definition) is 7. The molecule has 4 N–H and O–H groups in total. The highest BCUT2D eigenvalue weighted by atomic mass is 16.5. The Balaban J connectivity index is 2.03. The van der Waals surface area contributed by atoms with Gasteiger partial charge >= 0.3 is 0 Å². The van der Waals surface area contributed by atoms with Crippen LogP contribution in [0, 0.1) is 0 Å². The van der Waals surface area contributed by atoms with E-state index in [1.165, 1.54) is 0 Å². The molecule has 1 heterocycles. The molecule has 3 atom stereocenters. The van der Waals surface area contributed by atoms with E-state index >= 15 is 0 Å². The number of likely N-dealkylation sites (N-methyl/N-ethyl adjacent to an activating group) is 1. The van der Waals surface area contributed by atoms with Gasteiger partial charge < -0.3 is 25.6 Å². The predicted molar refractivity (Wildman–Crippen MR) is 108 cm³/mol.